The minimum atomic E-state index is -1.77. The molecule has 0 aromatic rings. The molecule has 0 aliphatic carbocycles. The van der Waals surface area contributed by atoms with Gasteiger partial charge in [0.15, 0.2) is 17.9 Å². The second-order valence-electron chi connectivity index (χ2n) is 17.6. The van der Waals surface area contributed by atoms with Gasteiger partial charge in [0, 0.05) is 36.9 Å². The molecule has 75 heavy (non-hydrogen) atoms. The molecule has 0 spiro atoms. The molecule has 0 aromatic carbocycles. The van der Waals surface area contributed by atoms with Gasteiger partial charge in [0.25, 0.3) is 0 Å². The number of aliphatic carboxylic acids is 1. The van der Waals surface area contributed by atoms with Crippen molar-refractivity contribution in [2.75, 3.05) is 36.9 Å². The lowest BCUT2D eigenvalue weighted by Gasteiger charge is -2.30. The number of nitrogens with two attached hydrogens (primary N) is 7. The van der Waals surface area contributed by atoms with E-state index in [4.69, 9.17) is 40.1 Å². The molecule has 428 valence electrons. The predicted molar refractivity (Wildman–Crippen MR) is 293 cm³/mol. The first-order valence-corrected chi connectivity index (χ1v) is 26.2. The molecule has 0 rings (SSSR count). The van der Waals surface area contributed by atoms with Crippen LogP contribution in [0.5, 0.6) is 0 Å². The van der Waals surface area contributed by atoms with Crippen LogP contribution in [0.15, 0.2) is 15.0 Å². The summed E-state index contributed by atoms with van der Waals surface area (Å²) in [6.07, 6.45) is -0.410. The smallest absolute Gasteiger partial charge is 0.327 e. The lowest BCUT2D eigenvalue weighted by molar-refractivity contribution is -0.142. The number of hydrogen-bond donors (Lipinski definition) is 20. The number of carbonyl (C=O) groups is 9. The van der Waals surface area contributed by atoms with E-state index >= 15 is 0 Å². The molecule has 0 aliphatic rings. The van der Waals surface area contributed by atoms with Gasteiger partial charge in [-0.1, -0.05) is 40.5 Å². The topological polar surface area (TPSA) is 510 Å². The number of carboxylic acids is 1. The molecule has 24 N–H and O–H groups in total. The molecular weight excluding hydrogens is 1040 g/mol. The summed E-state index contributed by atoms with van der Waals surface area (Å²) >= 11 is 12.4. The molecule has 0 aromatic heterocycles. The van der Waals surface area contributed by atoms with Crippen LogP contribution < -0.4 is 82.7 Å². The van der Waals surface area contributed by atoms with E-state index in [1.807, 2.05) is 0 Å². The van der Waals surface area contributed by atoms with Crippen molar-refractivity contribution in [3.63, 3.8) is 0 Å². The van der Waals surface area contributed by atoms with Crippen molar-refractivity contribution in [3.05, 3.63) is 0 Å². The summed E-state index contributed by atoms with van der Waals surface area (Å²) in [5.74, 6) is -10.8. The van der Waals surface area contributed by atoms with Gasteiger partial charge >= 0.3 is 5.97 Å². The number of thiol groups is 3. The van der Waals surface area contributed by atoms with Gasteiger partial charge in [-0.3, -0.25) is 53.3 Å². The third kappa shape index (κ3) is 26.9. The summed E-state index contributed by atoms with van der Waals surface area (Å²) in [6.45, 7) is 8.20. The number of nitrogens with one attached hydrogen (secondary N) is 8. The first-order valence-electron chi connectivity index (χ1n) is 24.3. The Balaban J connectivity index is 6.61. The average Bonchev–Trinajstić information content (AvgIpc) is 3.35. The highest BCUT2D eigenvalue weighted by atomic mass is 32.1. The standard InChI is InChI=1S/C43H82N18O11S3/c1-6-20(3)29(60-35(66)26(17-73)56-32(63)23(44)11-8-14-51-41(45)46)37(68)57-27(18-74)36(67)61-31(22(5)62)39(70)55-24(12-9-15-52-42(47)48)33(64)54-25(13-10-16-53-43(49)50)34(65)59-30(21(4)7-2)38(69)58-28(19-75)40(71)72/h20-31,62,73-75H,6-19,44H2,1-5H3,(H,54,64)(H,55,70)(H,56,63)(H,57,68)(H,58,69)(H,59,65)(H,60,66)(H,61,67)(H,71,72)(H4,45,46,51)(H4,47,48,52)(H4,49,50,53)/t20-,21-,22+,23-,24-,25-,26-,27-,28-,29-,30-,31-/m0/s1. The Labute approximate surface area is 453 Å². The summed E-state index contributed by atoms with van der Waals surface area (Å²) in [5, 5.41) is 40.4. The Morgan fingerprint density at radius 2 is 0.733 bits per heavy atom. The van der Waals surface area contributed by atoms with E-state index in [2.05, 4.69) is 95.4 Å². The molecule has 0 fully saturated rings. The molecule has 8 amide bonds. The van der Waals surface area contributed by atoms with E-state index in [0.29, 0.717) is 19.3 Å². The Morgan fingerprint density at radius 3 is 1.08 bits per heavy atom. The fraction of sp³-hybridized carbons (Fsp3) is 0.721. The maximum absolute atomic E-state index is 14.2. The molecule has 12 atom stereocenters. The van der Waals surface area contributed by atoms with Crippen LogP contribution in [0.3, 0.4) is 0 Å². The van der Waals surface area contributed by atoms with Gasteiger partial charge in [0.05, 0.1) is 12.1 Å². The van der Waals surface area contributed by atoms with Crippen LogP contribution in [-0.4, -0.2) is 179 Å². The number of hydrogen-bond acceptors (Lipinski definition) is 17. The van der Waals surface area contributed by atoms with E-state index in [1.165, 1.54) is 6.92 Å². The second-order valence-corrected chi connectivity index (χ2v) is 18.7. The van der Waals surface area contributed by atoms with Gasteiger partial charge in [-0.15, -0.1) is 0 Å². The quantitative estimate of drug-likeness (QED) is 0.0119. The van der Waals surface area contributed by atoms with E-state index in [9.17, 15) is 53.4 Å². The highest BCUT2D eigenvalue weighted by Gasteiger charge is 2.37. The lowest BCUT2D eigenvalue weighted by atomic mass is 9.97. The maximum atomic E-state index is 14.2. The molecule has 0 saturated carbocycles. The molecule has 29 nitrogen and oxygen atoms in total. The zero-order valence-corrected chi connectivity index (χ0v) is 45.8. The zero-order valence-electron chi connectivity index (χ0n) is 43.1. The van der Waals surface area contributed by atoms with E-state index in [-0.39, 0.29) is 86.9 Å². The third-order valence-electron chi connectivity index (χ3n) is 11.5. The number of rotatable bonds is 37. The number of aliphatic hydroxyl groups excluding tert-OH is 1. The summed E-state index contributed by atoms with van der Waals surface area (Å²) in [5.41, 5.74) is 38.5. The molecular formula is C43H82N18O11S3. The fourth-order valence-corrected chi connectivity index (χ4v) is 7.44. The van der Waals surface area contributed by atoms with Crippen LogP contribution in [-0.2, 0) is 43.2 Å². The highest BCUT2D eigenvalue weighted by molar-refractivity contribution is 7.80. The van der Waals surface area contributed by atoms with E-state index < -0.39 is 126 Å². The number of nitrogens with zero attached hydrogens (tertiary/aromatic N) is 3. The van der Waals surface area contributed by atoms with E-state index in [0.717, 1.165) is 0 Å². The lowest BCUT2D eigenvalue weighted by Crippen LogP contribution is -2.63. The monoisotopic (exact) mass is 1120 g/mol. The van der Waals surface area contributed by atoms with Gasteiger partial charge in [-0.2, -0.15) is 37.9 Å². The van der Waals surface area contributed by atoms with Gasteiger partial charge in [0.1, 0.15) is 48.3 Å². The van der Waals surface area contributed by atoms with Gasteiger partial charge < -0.3 is 92.9 Å². The summed E-state index contributed by atoms with van der Waals surface area (Å²) in [4.78, 5) is 133. The minimum Gasteiger partial charge on any atom is -0.480 e. The van der Waals surface area contributed by atoms with Crippen LogP contribution in [0.25, 0.3) is 0 Å². The number of aliphatic imine (C=N–C) groups is 3. The van der Waals surface area contributed by atoms with Crippen LogP contribution in [0.4, 0.5) is 0 Å². The Morgan fingerprint density at radius 1 is 0.440 bits per heavy atom. The third-order valence-corrected chi connectivity index (χ3v) is 12.6. The molecule has 0 unspecified atom stereocenters. The number of carboxylic acid groups (broad SMARTS) is 1. The summed E-state index contributed by atoms with van der Waals surface area (Å²) < 4.78 is 0. The zero-order chi connectivity index (χ0) is 57.5. The van der Waals surface area contributed by atoms with Crippen molar-refractivity contribution in [2.24, 2.45) is 66.9 Å². The number of amides is 8. The summed E-state index contributed by atoms with van der Waals surface area (Å²) in [6, 6.07) is -12.3. The highest BCUT2D eigenvalue weighted by Crippen LogP contribution is 2.13. The fourth-order valence-electron chi connectivity index (χ4n) is 6.68. The van der Waals surface area contributed by atoms with Crippen molar-refractivity contribution >= 4 is 109 Å². The minimum absolute atomic E-state index is 0.0153. The first-order chi connectivity index (χ1) is 35.2. The SMILES string of the molecule is CC[C@H](C)[C@H](NC(=O)[C@H](CCCN=C(N)N)NC(=O)[C@H](CCCN=C(N)N)NC(=O)[C@@H](NC(=O)[C@H](CS)NC(=O)[C@@H](NC(=O)[C@H](CS)NC(=O)[C@@H](N)CCCN=C(N)N)[C@@H](C)CC)[C@@H](C)O)C(=O)N[C@@H](CS)C(=O)O. The Hall–Kier alpha value is -5.99. The first kappa shape index (κ1) is 69.0. The molecule has 0 saturated heterocycles. The Bertz CT molecular complexity index is 1980. The van der Waals surface area contributed by atoms with Crippen molar-refractivity contribution in [1.82, 2.24) is 42.5 Å². The van der Waals surface area contributed by atoms with Crippen molar-refractivity contribution < 1.29 is 53.4 Å². The normalized spacial score (nSPS) is 15.8. The van der Waals surface area contributed by atoms with Crippen LogP contribution in [0.2, 0.25) is 0 Å². The second kappa shape index (κ2) is 36.9. The molecule has 0 aliphatic heterocycles. The predicted octanol–water partition coefficient (Wildman–Crippen LogP) is -6.30. The molecule has 0 radical (unpaired) electrons. The van der Waals surface area contributed by atoms with Gasteiger partial charge in [-0.25, -0.2) is 4.79 Å². The van der Waals surface area contributed by atoms with Gasteiger partial charge in [0.2, 0.25) is 47.3 Å². The number of guanidine groups is 3. The van der Waals surface area contributed by atoms with Crippen LogP contribution in [0.1, 0.15) is 86.0 Å². The van der Waals surface area contributed by atoms with Crippen molar-refractivity contribution in [1.29, 1.82) is 0 Å². The average molecular weight is 1120 g/mol. The van der Waals surface area contributed by atoms with Crippen LogP contribution >= 0.6 is 37.9 Å². The maximum Gasteiger partial charge on any atom is 0.327 e. The van der Waals surface area contributed by atoms with Crippen molar-refractivity contribution in [2.45, 2.75) is 146 Å². The molecule has 0 heterocycles. The molecule has 0 bridgehead atoms. The number of carbonyl (C=O) groups excluding carboxylic acids is 8. The van der Waals surface area contributed by atoms with Gasteiger partial charge in [-0.05, 0) is 57.3 Å². The largest absolute Gasteiger partial charge is 0.480 e. The van der Waals surface area contributed by atoms with Crippen molar-refractivity contribution in [3.8, 4) is 0 Å². The summed E-state index contributed by atoms with van der Waals surface area (Å²) in [7, 11) is 0. The van der Waals surface area contributed by atoms with E-state index in [1.54, 1.807) is 27.7 Å². The Kier molecular flexibility index (Phi) is 33.9. The van der Waals surface area contributed by atoms with Crippen LogP contribution in [0, 0.1) is 11.8 Å². The molecule has 32 heteroatoms. The number of aliphatic hydroxyl groups is 1.